The van der Waals surface area contributed by atoms with Crippen LogP contribution in [0.2, 0.25) is 0 Å². The second-order valence-electron chi connectivity index (χ2n) is 7.22. The molecule has 2 aromatic carbocycles. The fourth-order valence-corrected chi connectivity index (χ4v) is 4.26. The summed E-state index contributed by atoms with van der Waals surface area (Å²) in [6, 6.07) is 18.8. The van der Waals surface area contributed by atoms with E-state index in [2.05, 4.69) is 5.32 Å². The molecule has 0 unspecified atom stereocenters. The summed E-state index contributed by atoms with van der Waals surface area (Å²) in [5, 5.41) is 3.83. The molecule has 7 heteroatoms. The Morgan fingerprint density at radius 3 is 2.66 bits per heavy atom. The third-order valence-electron chi connectivity index (χ3n) is 4.88. The van der Waals surface area contributed by atoms with E-state index in [1.165, 1.54) is 18.7 Å². The van der Waals surface area contributed by atoms with Crippen LogP contribution in [0.5, 0.6) is 0 Å². The third kappa shape index (κ3) is 4.84. The van der Waals surface area contributed by atoms with E-state index < -0.39 is 0 Å². The van der Waals surface area contributed by atoms with Crippen molar-refractivity contribution in [1.82, 2.24) is 4.90 Å². The quantitative estimate of drug-likeness (QED) is 0.372. The van der Waals surface area contributed by atoms with Gasteiger partial charge in [-0.2, -0.15) is 0 Å². The van der Waals surface area contributed by atoms with Crippen molar-refractivity contribution >= 4 is 46.1 Å². The number of amidine groups is 1. The Balaban J connectivity index is 1.77. The highest BCUT2D eigenvalue weighted by atomic mass is 32.2. The molecule has 0 atom stereocenters. The molecule has 6 nitrogen and oxygen atoms in total. The highest BCUT2D eigenvalue weighted by molar-refractivity contribution is 8.18. The van der Waals surface area contributed by atoms with Gasteiger partial charge in [0.15, 0.2) is 11.0 Å². The lowest BCUT2D eigenvalue weighted by molar-refractivity contribution is -0.122. The van der Waals surface area contributed by atoms with Gasteiger partial charge in [0.1, 0.15) is 5.76 Å². The van der Waals surface area contributed by atoms with Gasteiger partial charge in [-0.3, -0.25) is 14.5 Å². The molecule has 1 N–H and O–H groups in total. The first-order chi connectivity index (χ1) is 15.5. The van der Waals surface area contributed by atoms with Crippen LogP contribution < -0.4 is 5.32 Å². The molecule has 2 heterocycles. The standard InChI is InChI=1S/C25H23N3O3S/c1-3-26-21-12-11-19(17(2)29)14-22(21)27-25-28(16-18-8-5-4-6-9-18)24(30)23(32-25)15-20-10-7-13-31-20/h4-15,26H,3,16H2,1-2H3/b23-15-,27-25?. The number of thioether (sulfide) groups is 1. The number of hydrogen-bond donors (Lipinski definition) is 1. The van der Waals surface area contributed by atoms with Crippen LogP contribution in [0.4, 0.5) is 11.4 Å². The van der Waals surface area contributed by atoms with Gasteiger partial charge in [-0.05, 0) is 61.5 Å². The maximum atomic E-state index is 13.3. The van der Waals surface area contributed by atoms with Crippen molar-refractivity contribution in [3.63, 3.8) is 0 Å². The summed E-state index contributed by atoms with van der Waals surface area (Å²) in [6.07, 6.45) is 3.30. The van der Waals surface area contributed by atoms with Crippen LogP contribution in [0.1, 0.15) is 35.5 Å². The number of aliphatic imine (C=N–C) groups is 1. The van der Waals surface area contributed by atoms with Gasteiger partial charge in [-0.25, -0.2) is 4.99 Å². The normalized spacial score (nSPS) is 16.2. The molecule has 0 aliphatic carbocycles. The molecule has 3 aromatic rings. The smallest absolute Gasteiger partial charge is 0.267 e. The van der Waals surface area contributed by atoms with E-state index in [0.717, 1.165) is 11.3 Å². The summed E-state index contributed by atoms with van der Waals surface area (Å²) in [5.74, 6) is 0.430. The number of nitrogens with one attached hydrogen (secondary N) is 1. The molecule has 1 saturated heterocycles. The van der Waals surface area contributed by atoms with Gasteiger partial charge in [0.2, 0.25) is 0 Å². The van der Waals surface area contributed by atoms with Crippen LogP contribution in [0.15, 0.2) is 81.2 Å². The monoisotopic (exact) mass is 445 g/mol. The van der Waals surface area contributed by atoms with Crippen LogP contribution in [0.3, 0.4) is 0 Å². The van der Waals surface area contributed by atoms with Crippen molar-refractivity contribution in [3.05, 3.63) is 88.7 Å². The fraction of sp³-hybridized carbons (Fsp3) is 0.160. The highest BCUT2D eigenvalue weighted by Gasteiger charge is 2.34. The summed E-state index contributed by atoms with van der Waals surface area (Å²) in [4.78, 5) is 32.2. The molecule has 1 aliphatic heterocycles. The summed E-state index contributed by atoms with van der Waals surface area (Å²) < 4.78 is 5.40. The van der Waals surface area contributed by atoms with Gasteiger partial charge < -0.3 is 9.73 Å². The second-order valence-corrected chi connectivity index (χ2v) is 8.22. The molecule has 162 valence electrons. The van der Waals surface area contributed by atoms with Crippen molar-refractivity contribution in [2.75, 3.05) is 11.9 Å². The lowest BCUT2D eigenvalue weighted by Gasteiger charge is -2.16. The van der Waals surface area contributed by atoms with E-state index in [-0.39, 0.29) is 11.7 Å². The first-order valence-corrected chi connectivity index (χ1v) is 11.1. The molecular formula is C25H23N3O3S. The number of nitrogens with zero attached hydrogens (tertiary/aromatic N) is 2. The van der Waals surface area contributed by atoms with E-state index >= 15 is 0 Å². The summed E-state index contributed by atoms with van der Waals surface area (Å²) >= 11 is 1.30. The van der Waals surface area contributed by atoms with Crippen LogP contribution in [-0.4, -0.2) is 28.3 Å². The summed E-state index contributed by atoms with van der Waals surface area (Å²) in [7, 11) is 0. The molecule has 1 amide bonds. The third-order valence-corrected chi connectivity index (χ3v) is 5.88. The number of benzene rings is 2. The maximum Gasteiger partial charge on any atom is 0.267 e. The van der Waals surface area contributed by atoms with Gasteiger partial charge in [0.25, 0.3) is 5.91 Å². The number of carbonyl (C=O) groups excluding carboxylic acids is 2. The van der Waals surface area contributed by atoms with Crippen LogP contribution >= 0.6 is 11.8 Å². The molecule has 32 heavy (non-hydrogen) atoms. The van der Waals surface area contributed by atoms with Crippen LogP contribution in [0, 0.1) is 0 Å². The molecular weight excluding hydrogens is 422 g/mol. The topological polar surface area (TPSA) is 74.9 Å². The number of rotatable bonds is 7. The number of carbonyl (C=O) groups is 2. The number of hydrogen-bond acceptors (Lipinski definition) is 6. The fourth-order valence-electron chi connectivity index (χ4n) is 3.29. The zero-order chi connectivity index (χ0) is 22.5. The Hall–Kier alpha value is -3.58. The van der Waals surface area contributed by atoms with Crippen LogP contribution in [0.25, 0.3) is 6.08 Å². The zero-order valence-corrected chi connectivity index (χ0v) is 18.7. The maximum absolute atomic E-state index is 13.3. The minimum Gasteiger partial charge on any atom is -0.465 e. The minimum absolute atomic E-state index is 0.0378. The molecule has 1 fully saturated rings. The number of anilines is 1. The average Bonchev–Trinajstić information content (AvgIpc) is 3.40. The van der Waals surface area contributed by atoms with E-state index in [9.17, 15) is 9.59 Å². The van der Waals surface area contributed by atoms with Crippen molar-refractivity contribution in [1.29, 1.82) is 0 Å². The van der Waals surface area contributed by atoms with Gasteiger partial charge in [-0.15, -0.1) is 0 Å². The van der Waals surface area contributed by atoms with Gasteiger partial charge in [0.05, 0.1) is 29.1 Å². The molecule has 0 radical (unpaired) electrons. The van der Waals surface area contributed by atoms with Gasteiger partial charge >= 0.3 is 0 Å². The van der Waals surface area contributed by atoms with E-state index in [1.807, 2.05) is 43.3 Å². The molecule has 1 aromatic heterocycles. The number of furan rings is 1. The van der Waals surface area contributed by atoms with Crippen molar-refractivity contribution in [3.8, 4) is 0 Å². The Kier molecular flexibility index (Phi) is 6.56. The summed E-state index contributed by atoms with van der Waals surface area (Å²) in [6.45, 7) is 4.62. The molecule has 1 aliphatic rings. The second kappa shape index (κ2) is 9.70. The van der Waals surface area contributed by atoms with Gasteiger partial charge in [0, 0.05) is 18.2 Å². The van der Waals surface area contributed by atoms with Crippen molar-refractivity contribution < 1.29 is 14.0 Å². The number of ketones is 1. The van der Waals surface area contributed by atoms with Crippen LogP contribution in [-0.2, 0) is 11.3 Å². The van der Waals surface area contributed by atoms with Crippen molar-refractivity contribution in [2.24, 2.45) is 4.99 Å². The number of Topliss-reactive ketones (excluding diaryl/α,β-unsaturated/α-hetero) is 1. The molecule has 0 bridgehead atoms. The lowest BCUT2D eigenvalue weighted by atomic mass is 10.1. The van der Waals surface area contributed by atoms with E-state index in [4.69, 9.17) is 9.41 Å². The molecule has 0 spiro atoms. The molecule has 4 rings (SSSR count). The average molecular weight is 446 g/mol. The largest absolute Gasteiger partial charge is 0.465 e. The summed E-state index contributed by atoms with van der Waals surface area (Å²) in [5.41, 5.74) is 2.99. The Morgan fingerprint density at radius 2 is 1.97 bits per heavy atom. The lowest BCUT2D eigenvalue weighted by Crippen LogP contribution is -2.28. The molecule has 0 saturated carbocycles. The van der Waals surface area contributed by atoms with E-state index in [1.54, 1.807) is 41.5 Å². The Morgan fingerprint density at radius 1 is 1.16 bits per heavy atom. The minimum atomic E-state index is -0.137. The SMILES string of the molecule is CCNc1ccc(C(C)=O)cc1N=C1S/C(=C\c2ccco2)C(=O)N1Cc1ccccc1. The Bertz CT molecular complexity index is 1180. The highest BCUT2D eigenvalue weighted by Crippen LogP contribution is 2.37. The predicted octanol–water partition coefficient (Wildman–Crippen LogP) is 5.72. The Labute approximate surface area is 191 Å². The predicted molar refractivity (Wildman–Crippen MR) is 129 cm³/mol. The van der Waals surface area contributed by atoms with E-state index in [0.29, 0.717) is 40.2 Å². The first-order valence-electron chi connectivity index (χ1n) is 10.3. The number of amides is 1. The first kappa shape index (κ1) is 21.6. The van der Waals surface area contributed by atoms with Gasteiger partial charge in [-0.1, -0.05) is 30.3 Å². The van der Waals surface area contributed by atoms with Crippen molar-refractivity contribution in [2.45, 2.75) is 20.4 Å². The zero-order valence-electron chi connectivity index (χ0n) is 17.9.